The first-order chi connectivity index (χ1) is 55.3. The zero-order valence-electron chi connectivity index (χ0n) is 70.9. The van der Waals surface area contributed by atoms with Gasteiger partial charge in [-0.2, -0.15) is 0 Å². The summed E-state index contributed by atoms with van der Waals surface area (Å²) in [4.78, 5) is 0. The van der Waals surface area contributed by atoms with Gasteiger partial charge in [0.25, 0.3) is 0 Å². The Morgan fingerprint density at radius 1 is 0.152 bits per heavy atom. The fourth-order valence-corrected chi connectivity index (χ4v) is 22.9. The second-order valence-electron chi connectivity index (χ2n) is 35.4. The van der Waals surface area contributed by atoms with E-state index < -0.39 is 0 Å². The van der Waals surface area contributed by atoms with Gasteiger partial charge in [-0.25, -0.2) is 0 Å². The van der Waals surface area contributed by atoms with E-state index in [0.717, 1.165) is 0 Å². The minimum absolute atomic E-state index is 0.100. The molecule has 586 valence electrons. The van der Waals surface area contributed by atoms with Crippen molar-refractivity contribution in [1.82, 2.24) is 0 Å². The molecule has 0 aliphatic heterocycles. The van der Waals surface area contributed by atoms with Crippen LogP contribution in [0.15, 0.2) is 206 Å². The van der Waals surface area contributed by atoms with Crippen molar-refractivity contribution in [3.05, 3.63) is 251 Å². The number of rotatable bonds is 45. The molecule has 0 nitrogen and oxygen atoms in total. The molecule has 0 fully saturated rings. The Labute approximate surface area is 680 Å². The molecule has 112 heavy (non-hydrogen) atoms. The summed E-state index contributed by atoms with van der Waals surface area (Å²) in [5, 5.41) is 0. The third-order valence-corrected chi connectivity index (χ3v) is 28.3. The predicted octanol–water partition coefficient (Wildman–Crippen LogP) is 34.9. The Kier molecular flexibility index (Phi) is 27.5. The lowest BCUT2D eigenvalue weighted by molar-refractivity contribution is 0.401. The maximum atomic E-state index is 2.82. The van der Waals surface area contributed by atoms with E-state index in [1.165, 1.54) is 357 Å². The van der Waals surface area contributed by atoms with Crippen molar-refractivity contribution in [3.8, 4) is 100 Å². The van der Waals surface area contributed by atoms with Crippen LogP contribution in [0.1, 0.15) is 357 Å². The van der Waals surface area contributed by atoms with Gasteiger partial charge in [-0.05, 0) is 208 Å². The zero-order valence-corrected chi connectivity index (χ0v) is 70.9. The molecule has 0 bridgehead atoms. The summed E-state index contributed by atoms with van der Waals surface area (Å²) in [6.07, 6.45) is 49.6. The first-order valence-corrected chi connectivity index (χ1v) is 46.5. The molecule has 10 aromatic rings. The highest BCUT2D eigenvalue weighted by molar-refractivity contribution is 6.02. The average molecular weight is 1480 g/mol. The maximum Gasteiger partial charge on any atom is 0.0221 e. The largest absolute Gasteiger partial charge is 0.0654 e. The van der Waals surface area contributed by atoms with Crippen LogP contribution in [0.2, 0.25) is 0 Å². The molecule has 0 amide bonds. The van der Waals surface area contributed by atoms with Crippen LogP contribution in [0.4, 0.5) is 0 Å². The Morgan fingerprint density at radius 3 is 0.562 bits per heavy atom. The van der Waals surface area contributed by atoms with E-state index in [4.69, 9.17) is 0 Å². The molecule has 4 aliphatic rings. The smallest absolute Gasteiger partial charge is 0.0221 e. The fraction of sp³-hybridized carbons (Fsp3) is 0.464. The van der Waals surface area contributed by atoms with Gasteiger partial charge in [-0.15, -0.1) is 0 Å². The van der Waals surface area contributed by atoms with Crippen molar-refractivity contribution in [3.63, 3.8) is 0 Å². The van der Waals surface area contributed by atoms with Crippen molar-refractivity contribution in [2.24, 2.45) is 0 Å². The van der Waals surface area contributed by atoms with E-state index >= 15 is 0 Å². The molecule has 0 spiro atoms. The van der Waals surface area contributed by atoms with Crippen molar-refractivity contribution < 1.29 is 0 Å². The second kappa shape index (κ2) is 38.1. The van der Waals surface area contributed by atoms with Gasteiger partial charge < -0.3 is 0 Å². The van der Waals surface area contributed by atoms with Gasteiger partial charge in [0, 0.05) is 21.7 Å². The Bertz CT molecular complexity index is 4400. The van der Waals surface area contributed by atoms with Gasteiger partial charge >= 0.3 is 0 Å². The predicted molar refractivity (Wildman–Crippen MR) is 489 cm³/mol. The van der Waals surface area contributed by atoms with Crippen molar-refractivity contribution >= 4 is 0 Å². The molecule has 0 heterocycles. The van der Waals surface area contributed by atoms with Crippen LogP contribution in [0.3, 0.4) is 0 Å². The molecular weight excluding hydrogens is 1350 g/mol. The van der Waals surface area contributed by atoms with E-state index in [1.54, 1.807) is 44.5 Å². The Balaban J connectivity index is 1.11. The second-order valence-corrected chi connectivity index (χ2v) is 35.4. The average Bonchev–Trinajstić information content (AvgIpc) is 1.55. The minimum Gasteiger partial charge on any atom is -0.0654 e. The van der Waals surface area contributed by atoms with Crippen molar-refractivity contribution in [2.45, 2.75) is 334 Å². The van der Waals surface area contributed by atoms with Crippen LogP contribution in [0, 0.1) is 0 Å². The Hall–Kier alpha value is -7.80. The third kappa shape index (κ3) is 15.7. The number of benzene rings is 10. The normalized spacial score (nSPS) is 14.5. The number of unbranched alkanes of at least 4 members (excludes halogenated alkanes) is 24. The summed E-state index contributed by atoms with van der Waals surface area (Å²) in [7, 11) is 0. The SMILES string of the molecule is CCCCCCC1(CCCCCC)c2ccccc2-c2cccc(-c3ccc(-c4cccc5c4C(CCCCCC)(CCCCCC)c4ccccc4-5)c(-c4cc(-c5cccc6c5C(CCCCCC)(CCCCCC)c5ccccc5-6)ccc4-c4cccc5c4C(CCCCCC)(CCCCCC)c4ccccc4-5)c3)c21. The highest BCUT2D eigenvalue weighted by Crippen LogP contribution is 2.64. The lowest BCUT2D eigenvalue weighted by atomic mass is 9.67. The molecular formula is C112H138. The van der Waals surface area contributed by atoms with Crippen LogP contribution < -0.4 is 0 Å². The summed E-state index contributed by atoms with van der Waals surface area (Å²) in [6.45, 7) is 19.1. The topological polar surface area (TPSA) is 0 Å². The molecule has 0 aromatic heterocycles. The first kappa shape index (κ1) is 80.8. The molecule has 4 aliphatic carbocycles. The third-order valence-electron chi connectivity index (χ3n) is 28.3. The van der Waals surface area contributed by atoms with E-state index in [-0.39, 0.29) is 21.7 Å². The number of hydrogen-bond donors (Lipinski definition) is 0. The standard InChI is InChI=1S/C112H138/c1-9-17-25-41-73-109(74-42-26-18-10-2)101-65-37-33-53-89(101)95-61-49-57-85(105(95)109)83-69-71-87(93-59-51-63-97-91-55-35-39-67-103(91)111(107(93)97,77-45-29-21-13-5)78-46-30-22-14-6)99(81-83)100-82-84(86-58-50-62-96-90-54-34-38-66-102(90)110(106(86)96,75-43-27-19-11-3)76-44-28-20-12-4)70-72-88(100)94-60-52-64-98-92-56-36-40-68-104(92)112(108(94)98,79-47-31-23-15-7)80-48-32-24-16-8/h33-40,49-72,81-82H,9-32,41-48,73-80H2,1-8H3. The van der Waals surface area contributed by atoms with Crippen LogP contribution in [-0.4, -0.2) is 0 Å². The summed E-state index contributed by atoms with van der Waals surface area (Å²) < 4.78 is 0. The fourth-order valence-electron chi connectivity index (χ4n) is 22.9. The van der Waals surface area contributed by atoms with Crippen LogP contribution >= 0.6 is 0 Å². The first-order valence-electron chi connectivity index (χ1n) is 46.5. The molecule has 0 saturated heterocycles. The summed E-state index contributed by atoms with van der Waals surface area (Å²) >= 11 is 0. The quantitative estimate of drug-likeness (QED) is 0.0334. The molecule has 10 aromatic carbocycles. The van der Waals surface area contributed by atoms with Gasteiger partial charge in [-0.1, -0.05) is 455 Å². The van der Waals surface area contributed by atoms with Crippen LogP contribution in [0.5, 0.6) is 0 Å². The minimum atomic E-state index is -0.135. The van der Waals surface area contributed by atoms with Crippen molar-refractivity contribution in [2.75, 3.05) is 0 Å². The molecule has 14 rings (SSSR count). The summed E-state index contributed by atoms with van der Waals surface area (Å²) in [5.41, 5.74) is 37.8. The molecule has 0 N–H and O–H groups in total. The van der Waals surface area contributed by atoms with E-state index in [2.05, 4.69) is 262 Å². The lowest BCUT2D eigenvalue weighted by Gasteiger charge is -2.36. The lowest BCUT2D eigenvalue weighted by Crippen LogP contribution is -2.26. The highest BCUT2D eigenvalue weighted by atomic mass is 14.5. The zero-order chi connectivity index (χ0) is 77.3. The molecule has 0 heteroatoms. The van der Waals surface area contributed by atoms with E-state index in [1.807, 2.05) is 0 Å². The molecule has 0 radical (unpaired) electrons. The number of hydrogen-bond acceptors (Lipinski definition) is 0. The van der Waals surface area contributed by atoms with Crippen LogP contribution in [-0.2, 0) is 21.7 Å². The summed E-state index contributed by atoms with van der Waals surface area (Å²) in [6, 6.07) is 85.8. The van der Waals surface area contributed by atoms with Crippen LogP contribution in [0.25, 0.3) is 100 Å². The summed E-state index contributed by atoms with van der Waals surface area (Å²) in [5.74, 6) is 0. The van der Waals surface area contributed by atoms with Gasteiger partial charge in [0.1, 0.15) is 0 Å². The monoisotopic (exact) mass is 1480 g/mol. The van der Waals surface area contributed by atoms with Gasteiger partial charge in [-0.3, -0.25) is 0 Å². The Morgan fingerprint density at radius 2 is 0.339 bits per heavy atom. The van der Waals surface area contributed by atoms with E-state index in [0.29, 0.717) is 0 Å². The van der Waals surface area contributed by atoms with Gasteiger partial charge in [0.2, 0.25) is 0 Å². The van der Waals surface area contributed by atoms with Gasteiger partial charge in [0.05, 0.1) is 0 Å². The van der Waals surface area contributed by atoms with Crippen molar-refractivity contribution in [1.29, 1.82) is 0 Å². The molecule has 0 saturated carbocycles. The number of fused-ring (bicyclic) bond motifs is 12. The van der Waals surface area contributed by atoms with E-state index in [9.17, 15) is 0 Å². The molecule has 0 atom stereocenters. The van der Waals surface area contributed by atoms with Gasteiger partial charge in [0.15, 0.2) is 0 Å². The molecule has 0 unspecified atom stereocenters. The highest BCUT2D eigenvalue weighted by Gasteiger charge is 2.49. The maximum absolute atomic E-state index is 2.82.